The Morgan fingerprint density at radius 3 is 2.54 bits per heavy atom. The lowest BCUT2D eigenvalue weighted by Gasteiger charge is -2.18. The third-order valence-electron chi connectivity index (χ3n) is 4.96. The summed E-state index contributed by atoms with van der Waals surface area (Å²) in [7, 11) is 3.82. The minimum atomic E-state index is 0.281. The minimum Gasteiger partial charge on any atom is -0.356 e. The smallest absolute Gasteiger partial charge is 0.191 e. The van der Waals surface area contributed by atoms with E-state index in [1.807, 2.05) is 18.8 Å². The molecule has 0 amide bonds. The molecule has 0 bridgehead atoms. The van der Waals surface area contributed by atoms with E-state index in [4.69, 9.17) is 0 Å². The van der Waals surface area contributed by atoms with E-state index in [9.17, 15) is 0 Å². The summed E-state index contributed by atoms with van der Waals surface area (Å²) >= 11 is 0. The van der Waals surface area contributed by atoms with Crippen LogP contribution in [0.25, 0.3) is 0 Å². The van der Waals surface area contributed by atoms with E-state index in [1.54, 1.807) is 0 Å². The number of aliphatic imine (C=N–C) groups is 1. The van der Waals surface area contributed by atoms with E-state index >= 15 is 0 Å². The molecule has 142 valence electrons. The van der Waals surface area contributed by atoms with Gasteiger partial charge in [0.2, 0.25) is 0 Å². The molecule has 5 heteroatoms. The summed E-state index contributed by atoms with van der Waals surface area (Å²) in [5, 5.41) is 11.4. The zero-order chi connectivity index (χ0) is 19.3. The van der Waals surface area contributed by atoms with Crippen molar-refractivity contribution in [3.05, 3.63) is 51.8 Å². The van der Waals surface area contributed by atoms with E-state index in [0.717, 1.165) is 31.0 Å². The highest BCUT2D eigenvalue weighted by molar-refractivity contribution is 5.79. The molecule has 0 fully saturated rings. The van der Waals surface area contributed by atoms with Crippen molar-refractivity contribution in [1.82, 2.24) is 20.4 Å². The summed E-state index contributed by atoms with van der Waals surface area (Å²) in [4.78, 5) is 4.36. The Balaban J connectivity index is 1.86. The van der Waals surface area contributed by atoms with Gasteiger partial charge in [0.1, 0.15) is 0 Å². The summed E-state index contributed by atoms with van der Waals surface area (Å²) in [6.07, 6.45) is 1.92. The number of hydrogen-bond acceptors (Lipinski definition) is 2. The second kappa shape index (κ2) is 8.88. The van der Waals surface area contributed by atoms with Gasteiger partial charge in [0.05, 0.1) is 5.69 Å². The van der Waals surface area contributed by atoms with Gasteiger partial charge in [-0.25, -0.2) is 0 Å². The number of rotatable bonds is 6. The van der Waals surface area contributed by atoms with Gasteiger partial charge >= 0.3 is 0 Å². The average Bonchev–Trinajstić information content (AvgIpc) is 2.82. The van der Waals surface area contributed by atoms with Crippen LogP contribution in [0.5, 0.6) is 0 Å². The molecule has 1 aromatic carbocycles. The first-order chi connectivity index (χ1) is 12.3. The standard InChI is InChI=1S/C21H33N5/c1-14-8-9-19(15(2)12-14)10-11-23-21(22-6)24-16(3)13-20-17(4)25-26(7)18(20)5/h8-9,12,16H,10-11,13H2,1-7H3,(H2,22,23,24). The van der Waals surface area contributed by atoms with E-state index in [1.165, 1.54) is 27.9 Å². The lowest BCUT2D eigenvalue weighted by Crippen LogP contribution is -2.43. The van der Waals surface area contributed by atoms with Crippen molar-refractivity contribution in [2.75, 3.05) is 13.6 Å². The topological polar surface area (TPSA) is 54.2 Å². The molecule has 26 heavy (non-hydrogen) atoms. The molecule has 1 unspecified atom stereocenters. The Hall–Kier alpha value is -2.30. The van der Waals surface area contributed by atoms with Crippen molar-refractivity contribution in [3.63, 3.8) is 0 Å². The Bertz CT molecular complexity index is 773. The molecular formula is C21H33N5. The maximum absolute atomic E-state index is 4.50. The summed E-state index contributed by atoms with van der Waals surface area (Å²) < 4.78 is 1.95. The summed E-state index contributed by atoms with van der Waals surface area (Å²) in [6, 6.07) is 6.92. The highest BCUT2D eigenvalue weighted by Crippen LogP contribution is 2.14. The minimum absolute atomic E-state index is 0.281. The summed E-state index contributed by atoms with van der Waals surface area (Å²) in [6.45, 7) is 11.6. The predicted molar refractivity (Wildman–Crippen MR) is 110 cm³/mol. The Morgan fingerprint density at radius 2 is 1.96 bits per heavy atom. The molecule has 0 radical (unpaired) electrons. The number of hydrogen-bond donors (Lipinski definition) is 2. The third-order valence-corrected chi connectivity index (χ3v) is 4.96. The number of benzene rings is 1. The Kier molecular flexibility index (Phi) is 6.83. The molecule has 2 rings (SSSR count). The molecule has 5 nitrogen and oxygen atoms in total. The van der Waals surface area contributed by atoms with Crippen molar-refractivity contribution in [2.24, 2.45) is 12.0 Å². The first-order valence-corrected chi connectivity index (χ1v) is 9.34. The molecule has 2 aromatic rings. The fourth-order valence-electron chi connectivity index (χ4n) is 3.34. The average molecular weight is 356 g/mol. The van der Waals surface area contributed by atoms with Gasteiger partial charge in [0.15, 0.2) is 5.96 Å². The maximum atomic E-state index is 4.50. The van der Waals surface area contributed by atoms with Crippen molar-refractivity contribution in [1.29, 1.82) is 0 Å². The third kappa shape index (κ3) is 5.10. The predicted octanol–water partition coefficient (Wildman–Crippen LogP) is 2.99. The molecule has 0 saturated carbocycles. The van der Waals surface area contributed by atoms with E-state index in [0.29, 0.717) is 0 Å². The highest BCUT2D eigenvalue weighted by atomic mass is 15.3. The molecule has 0 saturated heterocycles. The molecule has 1 atom stereocenters. The fourth-order valence-corrected chi connectivity index (χ4v) is 3.34. The van der Waals surface area contributed by atoms with Gasteiger partial charge in [-0.1, -0.05) is 23.8 Å². The number of nitrogens with zero attached hydrogens (tertiary/aromatic N) is 3. The van der Waals surface area contributed by atoms with Gasteiger partial charge in [-0.05, 0) is 64.2 Å². The SMILES string of the molecule is CN=C(NCCc1ccc(C)cc1C)NC(C)Cc1c(C)nn(C)c1C. The van der Waals surface area contributed by atoms with Gasteiger partial charge in [-0.15, -0.1) is 0 Å². The van der Waals surface area contributed by atoms with Crippen molar-refractivity contribution in [2.45, 2.75) is 53.5 Å². The van der Waals surface area contributed by atoms with Crippen LogP contribution >= 0.6 is 0 Å². The van der Waals surface area contributed by atoms with Crippen molar-refractivity contribution >= 4 is 5.96 Å². The Labute approximate surface area is 157 Å². The van der Waals surface area contributed by atoms with E-state index in [2.05, 4.69) is 73.5 Å². The molecule has 1 heterocycles. The van der Waals surface area contributed by atoms with Crippen LogP contribution in [0, 0.1) is 27.7 Å². The molecule has 2 N–H and O–H groups in total. The second-order valence-corrected chi connectivity index (χ2v) is 7.20. The van der Waals surface area contributed by atoms with E-state index < -0.39 is 0 Å². The van der Waals surface area contributed by atoms with Gasteiger partial charge in [-0.3, -0.25) is 9.67 Å². The molecule has 0 aliphatic carbocycles. The number of aryl methyl sites for hydroxylation is 4. The lowest BCUT2D eigenvalue weighted by molar-refractivity contribution is 0.635. The van der Waals surface area contributed by atoms with Crippen LogP contribution in [-0.2, 0) is 19.9 Å². The summed E-state index contributed by atoms with van der Waals surface area (Å²) in [5.74, 6) is 0.849. The van der Waals surface area contributed by atoms with Crippen molar-refractivity contribution < 1.29 is 0 Å². The number of nitrogens with one attached hydrogen (secondary N) is 2. The molecule has 0 spiro atoms. The van der Waals surface area contributed by atoms with Gasteiger partial charge < -0.3 is 10.6 Å². The van der Waals surface area contributed by atoms with Crippen LogP contribution in [0.1, 0.15) is 40.6 Å². The quantitative estimate of drug-likeness (QED) is 0.619. The zero-order valence-corrected chi connectivity index (χ0v) is 17.3. The molecular weight excluding hydrogens is 322 g/mol. The normalized spacial score (nSPS) is 13.0. The molecule has 0 aliphatic heterocycles. The second-order valence-electron chi connectivity index (χ2n) is 7.20. The zero-order valence-electron chi connectivity index (χ0n) is 17.3. The van der Waals surface area contributed by atoms with Crippen molar-refractivity contribution in [3.8, 4) is 0 Å². The molecule has 1 aromatic heterocycles. The summed E-state index contributed by atoms with van der Waals surface area (Å²) in [5.41, 5.74) is 7.70. The van der Waals surface area contributed by atoms with E-state index in [-0.39, 0.29) is 6.04 Å². The van der Waals surface area contributed by atoms with Crippen LogP contribution in [0.2, 0.25) is 0 Å². The highest BCUT2D eigenvalue weighted by Gasteiger charge is 2.14. The van der Waals surface area contributed by atoms with Crippen LogP contribution in [0.15, 0.2) is 23.2 Å². The lowest BCUT2D eigenvalue weighted by atomic mass is 10.0. The Morgan fingerprint density at radius 1 is 1.23 bits per heavy atom. The van der Waals surface area contributed by atoms with Gasteiger partial charge in [-0.2, -0.15) is 5.10 Å². The van der Waals surface area contributed by atoms with Gasteiger partial charge in [0.25, 0.3) is 0 Å². The van der Waals surface area contributed by atoms with Crippen LogP contribution < -0.4 is 10.6 Å². The molecule has 0 aliphatic rings. The van der Waals surface area contributed by atoms with Gasteiger partial charge in [0, 0.05) is 32.4 Å². The first kappa shape index (κ1) is 20.0. The number of aromatic nitrogens is 2. The fraction of sp³-hybridized carbons (Fsp3) is 0.524. The maximum Gasteiger partial charge on any atom is 0.191 e. The largest absolute Gasteiger partial charge is 0.356 e. The van der Waals surface area contributed by atoms with Crippen LogP contribution in [0.3, 0.4) is 0 Å². The van der Waals surface area contributed by atoms with Crippen LogP contribution in [-0.4, -0.2) is 35.4 Å². The first-order valence-electron chi connectivity index (χ1n) is 9.34. The number of guanidine groups is 1. The monoisotopic (exact) mass is 355 g/mol. The van der Waals surface area contributed by atoms with Crippen LogP contribution in [0.4, 0.5) is 0 Å².